The second kappa shape index (κ2) is 10.2. The molecule has 0 amide bonds. The summed E-state index contributed by atoms with van der Waals surface area (Å²) >= 11 is 1.26. The monoisotopic (exact) mass is 509 g/mol. The Morgan fingerprint density at radius 3 is 2.63 bits per heavy atom. The molecule has 3 aromatic rings. The molecular weight excluding hydrogens is 487 g/mol. The van der Waals surface area contributed by atoms with Gasteiger partial charge in [-0.15, -0.1) is 21.9 Å². The fraction of sp³-hybridized carbons (Fsp3) is 0.381. The third kappa shape index (κ3) is 5.40. The number of anilines is 2. The van der Waals surface area contributed by atoms with Crippen molar-refractivity contribution in [3.05, 3.63) is 58.3 Å². The zero-order valence-electron chi connectivity index (χ0n) is 18.7. The topological polar surface area (TPSA) is 118 Å². The molecule has 186 valence electrons. The molecule has 1 fully saturated rings. The second-order valence-electron chi connectivity index (χ2n) is 7.34. The number of rotatable bonds is 6. The normalized spacial score (nSPS) is 18.6. The van der Waals surface area contributed by atoms with E-state index in [1.54, 1.807) is 29.3 Å². The van der Waals surface area contributed by atoms with Gasteiger partial charge < -0.3 is 19.6 Å². The average molecular weight is 510 g/mol. The standard InChI is InChI=1S/C19H16F3N7O3S.C2H6/c20-19(21,22)17-26-16(28-32-17)13-2-1-12(33-13)8-29(15-7-23-3-4-24-15)14-5-11(6-25-27-14)18(30)9-31-10-18;1-2/h1-7,16,28,30H,8-10H2;1-2H3. The van der Waals surface area contributed by atoms with Gasteiger partial charge in [-0.2, -0.15) is 18.3 Å². The summed E-state index contributed by atoms with van der Waals surface area (Å²) < 4.78 is 43.5. The Hall–Kier alpha value is -3.20. The predicted octanol–water partition coefficient (Wildman–Crippen LogP) is 3.40. The van der Waals surface area contributed by atoms with E-state index in [1.807, 2.05) is 13.8 Å². The van der Waals surface area contributed by atoms with Crippen LogP contribution in [0.1, 0.15) is 35.3 Å². The van der Waals surface area contributed by atoms with Crippen LogP contribution in [0.15, 0.2) is 48.0 Å². The van der Waals surface area contributed by atoms with Gasteiger partial charge in [0, 0.05) is 27.7 Å². The molecule has 0 spiro atoms. The molecule has 0 aliphatic carbocycles. The Morgan fingerprint density at radius 2 is 2.00 bits per heavy atom. The van der Waals surface area contributed by atoms with Crippen LogP contribution in [-0.2, 0) is 21.7 Å². The lowest BCUT2D eigenvalue weighted by molar-refractivity contribution is -0.184. The van der Waals surface area contributed by atoms with Crippen molar-refractivity contribution in [2.45, 2.75) is 38.3 Å². The van der Waals surface area contributed by atoms with Gasteiger partial charge >= 0.3 is 12.1 Å². The van der Waals surface area contributed by atoms with Gasteiger partial charge in [0.1, 0.15) is 5.60 Å². The summed E-state index contributed by atoms with van der Waals surface area (Å²) in [4.78, 5) is 19.6. The molecule has 0 saturated carbocycles. The number of hydrogen-bond acceptors (Lipinski definition) is 11. The van der Waals surface area contributed by atoms with E-state index >= 15 is 0 Å². The lowest BCUT2D eigenvalue weighted by atomic mass is 9.94. The number of aromatic nitrogens is 4. The molecule has 14 heteroatoms. The van der Waals surface area contributed by atoms with Crippen molar-refractivity contribution in [3.63, 3.8) is 0 Å². The number of hydroxylamine groups is 1. The fourth-order valence-electron chi connectivity index (χ4n) is 3.23. The molecule has 2 N–H and O–H groups in total. The third-order valence-electron chi connectivity index (χ3n) is 4.99. The summed E-state index contributed by atoms with van der Waals surface area (Å²) in [6.07, 6.45) is 0.469. The van der Waals surface area contributed by atoms with Gasteiger partial charge in [0.2, 0.25) is 0 Å². The van der Waals surface area contributed by atoms with Crippen LogP contribution in [0.5, 0.6) is 0 Å². The number of ether oxygens (including phenoxy) is 1. The highest BCUT2D eigenvalue weighted by Gasteiger charge is 2.43. The summed E-state index contributed by atoms with van der Waals surface area (Å²) in [5.41, 5.74) is 1.71. The smallest absolute Gasteiger partial charge is 0.381 e. The quantitative estimate of drug-likeness (QED) is 0.515. The summed E-state index contributed by atoms with van der Waals surface area (Å²) in [5.74, 6) is -0.410. The predicted molar refractivity (Wildman–Crippen MR) is 121 cm³/mol. The van der Waals surface area contributed by atoms with E-state index in [-0.39, 0.29) is 19.8 Å². The van der Waals surface area contributed by atoms with E-state index in [0.29, 0.717) is 22.1 Å². The molecule has 5 heterocycles. The Balaban J connectivity index is 0.00000141. The minimum absolute atomic E-state index is 0.161. The van der Waals surface area contributed by atoms with Gasteiger partial charge in [0.05, 0.1) is 32.2 Å². The Morgan fingerprint density at radius 1 is 1.20 bits per heavy atom. The van der Waals surface area contributed by atoms with Crippen molar-refractivity contribution in [1.82, 2.24) is 25.6 Å². The number of hydrogen-bond donors (Lipinski definition) is 2. The van der Waals surface area contributed by atoms with Crippen molar-refractivity contribution in [1.29, 1.82) is 0 Å². The van der Waals surface area contributed by atoms with Crippen LogP contribution in [0.4, 0.5) is 24.8 Å². The number of aliphatic imine (C=N–C) groups is 1. The maximum atomic E-state index is 12.8. The number of thiophene rings is 1. The van der Waals surface area contributed by atoms with Gasteiger partial charge in [-0.1, -0.05) is 13.8 Å². The Kier molecular flexibility index (Phi) is 7.25. The van der Waals surface area contributed by atoms with Gasteiger partial charge in [0.15, 0.2) is 17.8 Å². The molecule has 5 rings (SSSR count). The van der Waals surface area contributed by atoms with Crippen molar-refractivity contribution in [2.24, 2.45) is 4.99 Å². The minimum atomic E-state index is -4.66. The molecule has 0 bridgehead atoms. The van der Waals surface area contributed by atoms with Crippen molar-refractivity contribution in [3.8, 4) is 0 Å². The van der Waals surface area contributed by atoms with E-state index in [4.69, 9.17) is 4.74 Å². The number of aliphatic hydroxyl groups is 1. The highest BCUT2D eigenvalue weighted by atomic mass is 32.1. The molecule has 1 unspecified atom stereocenters. The first-order valence-corrected chi connectivity index (χ1v) is 11.5. The van der Waals surface area contributed by atoms with Crippen LogP contribution >= 0.6 is 11.3 Å². The summed E-state index contributed by atoms with van der Waals surface area (Å²) in [6, 6.07) is 5.15. The molecule has 0 aromatic carbocycles. The Bertz CT molecular complexity index is 1170. The first-order chi connectivity index (χ1) is 16.8. The average Bonchev–Trinajstić information content (AvgIpc) is 3.53. The molecule has 35 heavy (non-hydrogen) atoms. The summed E-state index contributed by atoms with van der Waals surface area (Å²) in [5, 5.41) is 18.8. The second-order valence-corrected chi connectivity index (χ2v) is 8.54. The van der Waals surface area contributed by atoms with Gasteiger partial charge in [-0.25, -0.2) is 9.98 Å². The van der Waals surface area contributed by atoms with Crippen LogP contribution < -0.4 is 10.4 Å². The lowest BCUT2D eigenvalue weighted by Gasteiger charge is -2.36. The summed E-state index contributed by atoms with van der Waals surface area (Å²) in [7, 11) is 0. The van der Waals surface area contributed by atoms with E-state index < -0.39 is 23.8 Å². The lowest BCUT2D eigenvalue weighted by Crippen LogP contribution is -2.46. The van der Waals surface area contributed by atoms with Crippen LogP contribution in [0.2, 0.25) is 0 Å². The molecule has 10 nitrogen and oxygen atoms in total. The van der Waals surface area contributed by atoms with Gasteiger partial charge in [-0.05, 0) is 18.2 Å². The Labute approximate surface area is 202 Å². The number of halogens is 3. The van der Waals surface area contributed by atoms with Gasteiger partial charge in [-0.3, -0.25) is 4.98 Å². The van der Waals surface area contributed by atoms with Gasteiger partial charge in [0.25, 0.3) is 0 Å². The summed E-state index contributed by atoms with van der Waals surface area (Å²) in [6.45, 7) is 4.60. The molecule has 1 saturated heterocycles. The zero-order chi connectivity index (χ0) is 25.1. The molecular formula is C21H22F3N7O3S. The van der Waals surface area contributed by atoms with E-state index in [1.165, 1.54) is 29.9 Å². The van der Waals surface area contributed by atoms with Crippen molar-refractivity contribution < 1.29 is 27.9 Å². The SMILES string of the molecule is CC.OC1(c2cnnc(N(Cc3ccc(C4N=C(C(F)(F)F)ON4)s3)c3cnccn3)c2)COC1. The van der Waals surface area contributed by atoms with E-state index in [9.17, 15) is 18.3 Å². The highest BCUT2D eigenvalue weighted by molar-refractivity contribution is 7.12. The highest BCUT2D eigenvalue weighted by Crippen LogP contribution is 2.34. The van der Waals surface area contributed by atoms with Crippen molar-refractivity contribution >= 4 is 28.9 Å². The zero-order valence-corrected chi connectivity index (χ0v) is 19.5. The number of nitrogens with zero attached hydrogens (tertiary/aromatic N) is 6. The molecule has 3 aromatic heterocycles. The van der Waals surface area contributed by atoms with Crippen LogP contribution in [0.3, 0.4) is 0 Å². The molecule has 1 atom stereocenters. The fourth-order valence-corrected chi connectivity index (χ4v) is 4.21. The molecule has 2 aliphatic heterocycles. The first-order valence-electron chi connectivity index (χ1n) is 10.6. The van der Waals surface area contributed by atoms with E-state index in [0.717, 1.165) is 4.88 Å². The number of alkyl halides is 3. The van der Waals surface area contributed by atoms with Crippen LogP contribution in [-0.4, -0.2) is 50.6 Å². The van der Waals surface area contributed by atoms with Crippen LogP contribution in [0, 0.1) is 0 Å². The number of nitrogens with one attached hydrogen (secondary N) is 1. The van der Waals surface area contributed by atoms with Crippen LogP contribution in [0.25, 0.3) is 0 Å². The van der Waals surface area contributed by atoms with E-state index in [2.05, 4.69) is 35.5 Å². The molecule has 0 radical (unpaired) electrons. The first kappa shape index (κ1) is 24.9. The van der Waals surface area contributed by atoms with Crippen molar-refractivity contribution in [2.75, 3.05) is 18.1 Å². The third-order valence-corrected chi connectivity index (χ3v) is 6.11. The maximum Gasteiger partial charge on any atom is 0.470 e. The maximum absolute atomic E-state index is 12.8. The minimum Gasteiger partial charge on any atom is -0.381 e. The largest absolute Gasteiger partial charge is 0.470 e. The molecule has 2 aliphatic rings.